The van der Waals surface area contributed by atoms with Gasteiger partial charge in [-0.3, -0.25) is 4.79 Å². The predicted octanol–water partition coefficient (Wildman–Crippen LogP) is 5.04. The van der Waals surface area contributed by atoms with Crippen LogP contribution in [0.4, 0.5) is 5.82 Å². The van der Waals surface area contributed by atoms with Gasteiger partial charge in [-0.1, -0.05) is 41.9 Å². The molecule has 4 rings (SSSR count). The van der Waals surface area contributed by atoms with Crippen LogP contribution < -0.4 is 5.32 Å². The molecule has 0 aliphatic heterocycles. The van der Waals surface area contributed by atoms with Crippen molar-refractivity contribution in [3.05, 3.63) is 89.8 Å². The highest BCUT2D eigenvalue weighted by molar-refractivity contribution is 6.30. The third-order valence-corrected chi connectivity index (χ3v) is 4.05. The summed E-state index contributed by atoms with van der Waals surface area (Å²) in [6.45, 7) is 0. The van der Waals surface area contributed by atoms with Gasteiger partial charge in [0.1, 0.15) is 5.82 Å². The summed E-state index contributed by atoms with van der Waals surface area (Å²) in [5.41, 5.74) is 2.39. The molecule has 0 saturated heterocycles. The van der Waals surface area contributed by atoms with Crippen LogP contribution >= 0.6 is 11.6 Å². The van der Waals surface area contributed by atoms with E-state index in [-0.39, 0.29) is 11.7 Å². The first-order chi connectivity index (χ1) is 12.7. The SMILES string of the molecule is O=C(Nc1cc(-c2cccc(Cl)c2)nn1-c1ccccc1)c1ccco1. The van der Waals surface area contributed by atoms with Gasteiger partial charge in [0.15, 0.2) is 5.76 Å². The number of hydrogen-bond donors (Lipinski definition) is 1. The normalized spacial score (nSPS) is 10.7. The van der Waals surface area contributed by atoms with Gasteiger partial charge in [-0.25, -0.2) is 4.68 Å². The lowest BCUT2D eigenvalue weighted by Gasteiger charge is -2.07. The van der Waals surface area contributed by atoms with E-state index in [9.17, 15) is 4.79 Å². The Hall–Kier alpha value is -3.31. The molecule has 0 radical (unpaired) electrons. The van der Waals surface area contributed by atoms with Crippen molar-refractivity contribution in [2.24, 2.45) is 0 Å². The molecule has 0 aliphatic carbocycles. The molecule has 0 saturated carbocycles. The van der Waals surface area contributed by atoms with Crippen LogP contribution in [0.3, 0.4) is 0 Å². The van der Waals surface area contributed by atoms with Crippen LogP contribution in [-0.2, 0) is 0 Å². The summed E-state index contributed by atoms with van der Waals surface area (Å²) in [4.78, 5) is 12.4. The fraction of sp³-hybridized carbons (Fsp3) is 0. The molecule has 6 heteroatoms. The lowest BCUT2D eigenvalue weighted by Crippen LogP contribution is -2.14. The largest absolute Gasteiger partial charge is 0.459 e. The Bertz CT molecular complexity index is 1040. The van der Waals surface area contributed by atoms with Crippen molar-refractivity contribution in [1.29, 1.82) is 0 Å². The number of carbonyl (C=O) groups is 1. The number of nitrogens with zero attached hydrogens (tertiary/aromatic N) is 2. The van der Waals surface area contributed by atoms with E-state index in [1.54, 1.807) is 28.9 Å². The Morgan fingerprint density at radius 3 is 2.58 bits per heavy atom. The highest BCUT2D eigenvalue weighted by atomic mass is 35.5. The monoisotopic (exact) mass is 363 g/mol. The Labute approximate surface area is 154 Å². The minimum Gasteiger partial charge on any atom is -0.459 e. The quantitative estimate of drug-likeness (QED) is 0.552. The number of nitrogens with one attached hydrogen (secondary N) is 1. The van der Waals surface area contributed by atoms with Gasteiger partial charge in [-0.15, -0.1) is 0 Å². The summed E-state index contributed by atoms with van der Waals surface area (Å²) >= 11 is 6.09. The molecule has 0 fully saturated rings. The predicted molar refractivity (Wildman–Crippen MR) is 101 cm³/mol. The topological polar surface area (TPSA) is 60.1 Å². The maximum Gasteiger partial charge on any atom is 0.292 e. The van der Waals surface area contributed by atoms with E-state index in [4.69, 9.17) is 16.0 Å². The van der Waals surface area contributed by atoms with Gasteiger partial charge >= 0.3 is 0 Å². The highest BCUT2D eigenvalue weighted by Gasteiger charge is 2.16. The lowest BCUT2D eigenvalue weighted by molar-refractivity contribution is 0.0996. The molecule has 5 nitrogen and oxygen atoms in total. The number of furan rings is 1. The van der Waals surface area contributed by atoms with Crippen molar-refractivity contribution in [3.63, 3.8) is 0 Å². The molecule has 26 heavy (non-hydrogen) atoms. The molecule has 1 N–H and O–H groups in total. The second-order valence-electron chi connectivity index (χ2n) is 5.60. The van der Waals surface area contributed by atoms with E-state index >= 15 is 0 Å². The Morgan fingerprint density at radius 1 is 1.00 bits per heavy atom. The van der Waals surface area contributed by atoms with Crippen LogP contribution in [0.2, 0.25) is 5.02 Å². The van der Waals surface area contributed by atoms with Crippen LogP contribution in [0.25, 0.3) is 16.9 Å². The average Bonchev–Trinajstić information content (AvgIpc) is 3.33. The molecule has 0 aliphatic rings. The molecule has 0 spiro atoms. The minimum absolute atomic E-state index is 0.232. The van der Waals surface area contributed by atoms with E-state index in [2.05, 4.69) is 10.4 Å². The first-order valence-electron chi connectivity index (χ1n) is 7.97. The van der Waals surface area contributed by atoms with Crippen molar-refractivity contribution in [1.82, 2.24) is 9.78 Å². The summed E-state index contributed by atoms with van der Waals surface area (Å²) in [5.74, 6) is 0.424. The summed E-state index contributed by atoms with van der Waals surface area (Å²) in [5, 5.41) is 8.11. The molecule has 2 aromatic carbocycles. The smallest absolute Gasteiger partial charge is 0.292 e. The van der Waals surface area contributed by atoms with E-state index < -0.39 is 0 Å². The molecule has 2 aromatic heterocycles. The first-order valence-corrected chi connectivity index (χ1v) is 8.35. The number of rotatable bonds is 4. The molecular formula is C20H14ClN3O2. The molecule has 1 amide bonds. The van der Waals surface area contributed by atoms with Crippen molar-refractivity contribution in [3.8, 4) is 16.9 Å². The van der Waals surface area contributed by atoms with E-state index in [0.29, 0.717) is 16.5 Å². The third kappa shape index (κ3) is 3.25. The molecule has 2 heterocycles. The molecule has 4 aromatic rings. The van der Waals surface area contributed by atoms with Crippen molar-refractivity contribution in [2.45, 2.75) is 0 Å². The second-order valence-corrected chi connectivity index (χ2v) is 6.04. The van der Waals surface area contributed by atoms with Gasteiger partial charge in [-0.05, 0) is 36.4 Å². The van der Waals surface area contributed by atoms with Crippen LogP contribution in [0.5, 0.6) is 0 Å². The molecule has 0 atom stereocenters. The molecular weight excluding hydrogens is 350 g/mol. The number of halogens is 1. The molecule has 128 valence electrons. The van der Waals surface area contributed by atoms with Crippen LogP contribution in [0.1, 0.15) is 10.6 Å². The summed E-state index contributed by atoms with van der Waals surface area (Å²) in [7, 11) is 0. The van der Waals surface area contributed by atoms with Gasteiger partial charge in [0.2, 0.25) is 0 Å². The number of para-hydroxylation sites is 1. The number of aromatic nitrogens is 2. The Kier molecular flexibility index (Phi) is 4.29. The Balaban J connectivity index is 1.77. The van der Waals surface area contributed by atoms with E-state index in [1.807, 2.05) is 48.5 Å². The van der Waals surface area contributed by atoms with Gasteiger partial charge in [0.25, 0.3) is 5.91 Å². The fourth-order valence-electron chi connectivity index (χ4n) is 2.61. The zero-order chi connectivity index (χ0) is 17.9. The Morgan fingerprint density at radius 2 is 1.85 bits per heavy atom. The van der Waals surface area contributed by atoms with Gasteiger partial charge in [0.05, 0.1) is 17.6 Å². The number of anilines is 1. The average molecular weight is 364 g/mol. The number of hydrogen-bond acceptors (Lipinski definition) is 3. The van der Waals surface area contributed by atoms with Gasteiger partial charge in [0, 0.05) is 16.7 Å². The van der Waals surface area contributed by atoms with Crippen molar-refractivity contribution < 1.29 is 9.21 Å². The fourth-order valence-corrected chi connectivity index (χ4v) is 2.80. The number of amides is 1. The summed E-state index contributed by atoms with van der Waals surface area (Å²) in [6.07, 6.45) is 1.46. The van der Waals surface area contributed by atoms with Crippen LogP contribution in [0.15, 0.2) is 83.5 Å². The zero-order valence-electron chi connectivity index (χ0n) is 13.6. The van der Waals surface area contributed by atoms with Crippen molar-refractivity contribution >= 4 is 23.3 Å². The number of benzene rings is 2. The maximum absolute atomic E-state index is 12.4. The van der Waals surface area contributed by atoms with Gasteiger partial charge in [-0.2, -0.15) is 5.10 Å². The standard InChI is InChI=1S/C20H14ClN3O2/c21-15-7-4-6-14(12-15)17-13-19(22-20(25)18-10-5-11-26-18)24(23-17)16-8-2-1-3-9-16/h1-13H,(H,22,25). The maximum atomic E-state index is 12.4. The first kappa shape index (κ1) is 16.2. The highest BCUT2D eigenvalue weighted by Crippen LogP contribution is 2.27. The van der Waals surface area contributed by atoms with Crippen LogP contribution in [0, 0.1) is 0 Å². The second kappa shape index (κ2) is 6.90. The number of carbonyl (C=O) groups excluding carboxylic acids is 1. The van der Waals surface area contributed by atoms with Gasteiger partial charge < -0.3 is 9.73 Å². The zero-order valence-corrected chi connectivity index (χ0v) is 14.4. The van der Waals surface area contributed by atoms with Crippen molar-refractivity contribution in [2.75, 3.05) is 5.32 Å². The summed E-state index contributed by atoms with van der Waals surface area (Å²) < 4.78 is 6.84. The van der Waals surface area contributed by atoms with E-state index in [1.165, 1.54) is 6.26 Å². The lowest BCUT2D eigenvalue weighted by atomic mass is 10.1. The summed E-state index contributed by atoms with van der Waals surface area (Å²) in [6, 6.07) is 22.1. The van der Waals surface area contributed by atoms with Crippen LogP contribution in [-0.4, -0.2) is 15.7 Å². The third-order valence-electron chi connectivity index (χ3n) is 3.82. The van der Waals surface area contributed by atoms with E-state index in [0.717, 1.165) is 11.3 Å². The molecule has 0 bridgehead atoms. The molecule has 0 unspecified atom stereocenters. The minimum atomic E-state index is -0.343.